The second-order valence-electron chi connectivity index (χ2n) is 8.31. The Kier molecular flexibility index (Phi) is 10.9. The molecule has 0 aromatic rings. The zero-order valence-electron chi connectivity index (χ0n) is 18.5. The Hall–Kier alpha value is -0.560. The minimum absolute atomic E-state index is 0.0622. The number of phosphoric acid groups is 2. The number of rotatable bonds is 14. The maximum atomic E-state index is 11.3. The minimum atomic E-state index is -5.08. The van der Waals surface area contributed by atoms with Gasteiger partial charge in [-0.25, -0.2) is 9.13 Å². The van der Waals surface area contributed by atoms with Crippen LogP contribution in [0.25, 0.3) is 0 Å². The van der Waals surface area contributed by atoms with Crippen molar-refractivity contribution in [2.75, 3.05) is 6.61 Å². The van der Waals surface area contributed by atoms with Crippen LogP contribution in [-0.2, 0) is 22.7 Å². The third-order valence-electron chi connectivity index (χ3n) is 4.91. The largest absolute Gasteiger partial charge is 0.481 e. The van der Waals surface area contributed by atoms with Crippen molar-refractivity contribution in [2.24, 2.45) is 0 Å². The van der Waals surface area contributed by atoms with Gasteiger partial charge in [0.05, 0.1) is 18.3 Å². The molecule has 8 nitrogen and oxygen atoms in total. The molecule has 0 aliphatic carbocycles. The predicted molar refractivity (Wildman–Crippen MR) is 117 cm³/mol. The maximum Gasteiger partial charge on any atom is 0.481 e. The fourth-order valence-corrected chi connectivity index (χ4v) is 4.46. The summed E-state index contributed by atoms with van der Waals surface area (Å²) in [5, 5.41) is 0. The van der Waals surface area contributed by atoms with E-state index >= 15 is 0 Å². The lowest BCUT2D eigenvalue weighted by molar-refractivity contribution is 0.191. The van der Waals surface area contributed by atoms with E-state index in [-0.39, 0.29) is 12.2 Å². The quantitative estimate of drug-likeness (QED) is 0.172. The van der Waals surface area contributed by atoms with Crippen LogP contribution in [0, 0.1) is 0 Å². The summed E-state index contributed by atoms with van der Waals surface area (Å²) in [6.45, 7) is 10.1. The standard InChI is InChI=1S/C20H36O8P2/c1-16(8-6-10-17(2)12-13-19-20(4,5)27-19)9-7-11-18(3)14-15-26-30(24,25)28-29(21,22)23/h9-10,14,19H,6-8,11-13,15H2,1-5H3,(H,24,25)(H2,21,22,23)/b16-9+,17-10+,18-14?. The molecular weight excluding hydrogens is 430 g/mol. The van der Waals surface area contributed by atoms with Gasteiger partial charge in [0, 0.05) is 0 Å². The van der Waals surface area contributed by atoms with Crippen LogP contribution >= 0.6 is 15.6 Å². The second-order valence-corrected chi connectivity index (χ2v) is 11.1. The summed E-state index contributed by atoms with van der Waals surface area (Å²) in [5.74, 6) is 0. The Morgan fingerprint density at radius 1 is 0.933 bits per heavy atom. The van der Waals surface area contributed by atoms with E-state index < -0.39 is 15.6 Å². The van der Waals surface area contributed by atoms with Gasteiger partial charge in [0.25, 0.3) is 0 Å². The first-order valence-corrected chi connectivity index (χ1v) is 13.1. The first-order valence-electron chi connectivity index (χ1n) is 10.1. The summed E-state index contributed by atoms with van der Waals surface area (Å²) >= 11 is 0. The summed E-state index contributed by atoms with van der Waals surface area (Å²) in [4.78, 5) is 26.3. The smallest absolute Gasteiger partial charge is 0.367 e. The first kappa shape index (κ1) is 27.5. The fourth-order valence-electron chi connectivity index (χ4n) is 2.93. The van der Waals surface area contributed by atoms with Crippen molar-refractivity contribution in [1.82, 2.24) is 0 Å². The molecule has 10 heteroatoms. The van der Waals surface area contributed by atoms with Gasteiger partial charge < -0.3 is 19.4 Å². The topological polar surface area (TPSA) is 126 Å². The average Bonchev–Trinajstić information content (AvgIpc) is 3.17. The van der Waals surface area contributed by atoms with Crippen molar-refractivity contribution in [3.8, 4) is 0 Å². The fraction of sp³-hybridized carbons (Fsp3) is 0.700. The maximum absolute atomic E-state index is 11.3. The Bertz CT molecular complexity index is 748. The summed E-state index contributed by atoms with van der Waals surface area (Å²) in [6, 6.07) is 0. The lowest BCUT2D eigenvalue weighted by Gasteiger charge is -2.11. The summed E-state index contributed by atoms with van der Waals surface area (Å²) in [5.41, 5.74) is 3.71. The van der Waals surface area contributed by atoms with Crippen LogP contribution < -0.4 is 0 Å². The van der Waals surface area contributed by atoms with Crippen molar-refractivity contribution < 1.29 is 37.4 Å². The van der Waals surface area contributed by atoms with Gasteiger partial charge in [0.1, 0.15) is 0 Å². The monoisotopic (exact) mass is 466 g/mol. The molecule has 0 aromatic heterocycles. The second kappa shape index (κ2) is 11.9. The number of ether oxygens (including phenoxy) is 1. The van der Waals surface area contributed by atoms with Gasteiger partial charge in [-0.05, 0) is 73.1 Å². The number of phosphoric ester groups is 1. The van der Waals surface area contributed by atoms with E-state index in [2.05, 4.69) is 48.7 Å². The molecular formula is C20H36O8P2. The van der Waals surface area contributed by atoms with E-state index in [1.165, 1.54) is 11.1 Å². The molecule has 1 aliphatic rings. The molecule has 2 atom stereocenters. The van der Waals surface area contributed by atoms with Crippen LogP contribution in [0.3, 0.4) is 0 Å². The Morgan fingerprint density at radius 2 is 1.40 bits per heavy atom. The molecule has 174 valence electrons. The lowest BCUT2D eigenvalue weighted by atomic mass is 10.0. The molecule has 0 saturated carbocycles. The highest BCUT2D eigenvalue weighted by atomic mass is 31.3. The predicted octanol–water partition coefficient (Wildman–Crippen LogP) is 5.57. The van der Waals surface area contributed by atoms with Crippen LogP contribution in [0.5, 0.6) is 0 Å². The van der Waals surface area contributed by atoms with Crippen LogP contribution in [0.2, 0.25) is 0 Å². The van der Waals surface area contributed by atoms with E-state index in [0.29, 0.717) is 6.10 Å². The highest BCUT2D eigenvalue weighted by molar-refractivity contribution is 7.60. The van der Waals surface area contributed by atoms with Crippen molar-refractivity contribution in [3.63, 3.8) is 0 Å². The number of hydrogen-bond acceptors (Lipinski definition) is 5. The zero-order chi connectivity index (χ0) is 23.0. The van der Waals surface area contributed by atoms with Gasteiger partial charge in [-0.3, -0.25) is 4.52 Å². The molecule has 3 N–H and O–H groups in total. The summed E-state index contributed by atoms with van der Waals surface area (Å²) < 4.78 is 35.8. The number of hydrogen-bond donors (Lipinski definition) is 3. The number of allylic oxidation sites excluding steroid dienone is 5. The third-order valence-corrected chi connectivity index (χ3v) is 7.06. The highest BCUT2D eigenvalue weighted by Gasteiger charge is 2.46. The molecule has 1 rings (SSSR count). The Balaban J connectivity index is 2.23. The van der Waals surface area contributed by atoms with Crippen molar-refractivity contribution >= 4 is 15.6 Å². The third kappa shape index (κ3) is 13.0. The van der Waals surface area contributed by atoms with E-state index in [1.54, 1.807) is 6.08 Å². The SMILES string of the molecule is CC(=CCOP(=O)(O)OP(=O)(O)O)CC/C=C(\C)CC/C=C(\C)CCC1OC1(C)C. The van der Waals surface area contributed by atoms with Gasteiger partial charge in [-0.1, -0.05) is 34.9 Å². The summed E-state index contributed by atoms with van der Waals surface area (Å²) in [7, 11) is -9.86. The molecule has 0 aromatic carbocycles. The van der Waals surface area contributed by atoms with E-state index in [0.717, 1.165) is 44.1 Å². The molecule has 1 saturated heterocycles. The van der Waals surface area contributed by atoms with Crippen molar-refractivity contribution in [2.45, 2.75) is 84.8 Å². The molecule has 0 radical (unpaired) electrons. The first-order chi connectivity index (χ1) is 13.7. The molecule has 0 bridgehead atoms. The van der Waals surface area contributed by atoms with Gasteiger partial charge in [0.15, 0.2) is 0 Å². The van der Waals surface area contributed by atoms with E-state index in [1.807, 2.05) is 6.92 Å². The molecule has 1 heterocycles. The lowest BCUT2D eigenvalue weighted by Crippen LogP contribution is -2.02. The Morgan fingerprint density at radius 3 is 1.87 bits per heavy atom. The molecule has 0 amide bonds. The Labute approximate surface area is 179 Å². The van der Waals surface area contributed by atoms with Crippen LogP contribution in [-0.4, -0.2) is 33.0 Å². The summed E-state index contributed by atoms with van der Waals surface area (Å²) in [6.07, 6.45) is 12.2. The van der Waals surface area contributed by atoms with Gasteiger partial charge in [0.2, 0.25) is 0 Å². The molecule has 30 heavy (non-hydrogen) atoms. The highest BCUT2D eigenvalue weighted by Crippen LogP contribution is 2.57. The van der Waals surface area contributed by atoms with Crippen molar-refractivity contribution in [3.05, 3.63) is 34.9 Å². The van der Waals surface area contributed by atoms with E-state index in [4.69, 9.17) is 14.5 Å². The van der Waals surface area contributed by atoms with Crippen molar-refractivity contribution in [1.29, 1.82) is 0 Å². The van der Waals surface area contributed by atoms with Crippen LogP contribution in [0.15, 0.2) is 34.9 Å². The molecule has 2 unspecified atom stereocenters. The van der Waals surface area contributed by atoms with Gasteiger partial charge in [-0.2, -0.15) is 4.31 Å². The van der Waals surface area contributed by atoms with Crippen LogP contribution in [0.1, 0.15) is 73.1 Å². The average molecular weight is 466 g/mol. The zero-order valence-corrected chi connectivity index (χ0v) is 20.3. The van der Waals surface area contributed by atoms with Gasteiger partial charge >= 0.3 is 15.6 Å². The minimum Gasteiger partial charge on any atom is -0.367 e. The molecule has 1 aliphatic heterocycles. The normalized spacial score (nSPS) is 22.1. The number of epoxide rings is 1. The molecule has 1 fully saturated rings. The van der Waals surface area contributed by atoms with Crippen LogP contribution in [0.4, 0.5) is 0 Å². The van der Waals surface area contributed by atoms with E-state index in [9.17, 15) is 14.0 Å². The van der Waals surface area contributed by atoms with Gasteiger partial charge in [-0.15, -0.1) is 0 Å². The molecule has 0 spiro atoms.